The van der Waals surface area contributed by atoms with Crippen LogP contribution in [0.25, 0.3) is 22.2 Å². The van der Waals surface area contributed by atoms with E-state index in [2.05, 4.69) is 17.2 Å². The summed E-state index contributed by atoms with van der Waals surface area (Å²) in [5.74, 6) is -0.151. The molecule has 0 fully saturated rings. The number of rotatable bonds is 7. The molecule has 1 atom stereocenters. The zero-order chi connectivity index (χ0) is 19.4. The standard InChI is InChI=1S/C21H25FN4O/c1-3-4-5-17(23)13-24-21(27)20-25-18-12-15(8-11-19(18)26(20)2)14-6-9-16(22)10-7-14/h6-12,17H,3-5,13,23H2,1-2H3,(H,24,27)/t17-/m1/s1. The molecule has 2 aromatic carbocycles. The number of nitrogens with zero attached hydrogens (tertiary/aromatic N) is 2. The number of nitrogens with one attached hydrogen (secondary N) is 1. The van der Waals surface area contributed by atoms with Gasteiger partial charge in [0.25, 0.3) is 5.91 Å². The van der Waals surface area contributed by atoms with Crippen LogP contribution in [0.2, 0.25) is 0 Å². The van der Waals surface area contributed by atoms with E-state index in [1.165, 1.54) is 12.1 Å². The average molecular weight is 368 g/mol. The highest BCUT2D eigenvalue weighted by atomic mass is 19.1. The maximum atomic E-state index is 13.1. The molecule has 1 amide bonds. The van der Waals surface area contributed by atoms with Crippen LogP contribution in [0.1, 0.15) is 36.8 Å². The number of hydrogen-bond acceptors (Lipinski definition) is 3. The zero-order valence-electron chi connectivity index (χ0n) is 15.7. The van der Waals surface area contributed by atoms with E-state index < -0.39 is 0 Å². The average Bonchev–Trinajstić information content (AvgIpc) is 3.01. The lowest BCUT2D eigenvalue weighted by molar-refractivity contribution is 0.0937. The summed E-state index contributed by atoms with van der Waals surface area (Å²) in [7, 11) is 1.82. The maximum absolute atomic E-state index is 13.1. The highest BCUT2D eigenvalue weighted by molar-refractivity contribution is 5.95. The molecule has 1 heterocycles. The lowest BCUT2D eigenvalue weighted by Crippen LogP contribution is -2.38. The van der Waals surface area contributed by atoms with Gasteiger partial charge in [-0.05, 0) is 41.8 Å². The van der Waals surface area contributed by atoms with Crippen LogP contribution in [0.4, 0.5) is 4.39 Å². The van der Waals surface area contributed by atoms with Gasteiger partial charge >= 0.3 is 0 Å². The molecular weight excluding hydrogens is 343 g/mol. The van der Waals surface area contributed by atoms with Crippen molar-refractivity contribution in [2.24, 2.45) is 12.8 Å². The second kappa shape index (κ2) is 8.31. The lowest BCUT2D eigenvalue weighted by atomic mass is 10.1. The molecule has 142 valence electrons. The number of nitrogens with two attached hydrogens (primary N) is 1. The minimum atomic E-state index is -0.270. The Balaban J connectivity index is 1.79. The normalized spacial score (nSPS) is 12.3. The number of fused-ring (bicyclic) bond motifs is 1. The van der Waals surface area contributed by atoms with Gasteiger partial charge in [-0.15, -0.1) is 0 Å². The van der Waals surface area contributed by atoms with Gasteiger partial charge in [0, 0.05) is 19.6 Å². The quantitative estimate of drug-likeness (QED) is 0.669. The van der Waals surface area contributed by atoms with E-state index in [9.17, 15) is 9.18 Å². The fourth-order valence-electron chi connectivity index (χ4n) is 3.10. The van der Waals surface area contributed by atoms with Crippen LogP contribution in [0.15, 0.2) is 42.5 Å². The van der Waals surface area contributed by atoms with Gasteiger partial charge in [-0.3, -0.25) is 4.79 Å². The summed E-state index contributed by atoms with van der Waals surface area (Å²) >= 11 is 0. The highest BCUT2D eigenvalue weighted by Gasteiger charge is 2.16. The molecule has 0 saturated heterocycles. The van der Waals surface area contributed by atoms with Crippen molar-refractivity contribution in [2.75, 3.05) is 6.54 Å². The van der Waals surface area contributed by atoms with E-state index >= 15 is 0 Å². The second-order valence-corrected chi connectivity index (χ2v) is 6.82. The molecule has 27 heavy (non-hydrogen) atoms. The van der Waals surface area contributed by atoms with E-state index in [0.29, 0.717) is 12.4 Å². The summed E-state index contributed by atoms with van der Waals surface area (Å²) in [6.45, 7) is 2.55. The molecule has 3 aromatic rings. The Morgan fingerprint density at radius 3 is 2.63 bits per heavy atom. The lowest BCUT2D eigenvalue weighted by Gasteiger charge is -2.12. The van der Waals surface area contributed by atoms with Gasteiger partial charge in [-0.25, -0.2) is 9.37 Å². The summed E-state index contributed by atoms with van der Waals surface area (Å²) in [4.78, 5) is 17.0. The van der Waals surface area contributed by atoms with Gasteiger partial charge in [0.05, 0.1) is 11.0 Å². The van der Waals surface area contributed by atoms with Crippen LogP contribution in [-0.4, -0.2) is 28.0 Å². The van der Waals surface area contributed by atoms with E-state index in [1.807, 2.05) is 25.2 Å². The minimum Gasteiger partial charge on any atom is -0.348 e. The second-order valence-electron chi connectivity index (χ2n) is 6.82. The molecule has 5 nitrogen and oxygen atoms in total. The van der Waals surface area contributed by atoms with Crippen molar-refractivity contribution < 1.29 is 9.18 Å². The smallest absolute Gasteiger partial charge is 0.287 e. The van der Waals surface area contributed by atoms with Gasteiger partial charge in [-0.1, -0.05) is 38.0 Å². The Hall–Kier alpha value is -2.73. The first-order chi connectivity index (χ1) is 13.0. The van der Waals surface area contributed by atoms with Crippen LogP contribution in [-0.2, 0) is 7.05 Å². The Labute approximate surface area is 158 Å². The molecule has 0 aliphatic carbocycles. The van der Waals surface area contributed by atoms with Crippen molar-refractivity contribution in [3.8, 4) is 11.1 Å². The number of carbonyl (C=O) groups excluding carboxylic acids is 1. The van der Waals surface area contributed by atoms with Crippen molar-refractivity contribution >= 4 is 16.9 Å². The molecule has 0 aliphatic rings. The summed E-state index contributed by atoms with van der Waals surface area (Å²) in [6, 6.07) is 12.0. The highest BCUT2D eigenvalue weighted by Crippen LogP contribution is 2.25. The number of halogens is 1. The number of unbranched alkanes of at least 4 members (excludes halogenated alkanes) is 1. The van der Waals surface area contributed by atoms with Crippen molar-refractivity contribution in [2.45, 2.75) is 32.2 Å². The fraction of sp³-hybridized carbons (Fsp3) is 0.333. The van der Waals surface area contributed by atoms with Crippen molar-refractivity contribution in [3.05, 3.63) is 54.1 Å². The Morgan fingerprint density at radius 1 is 1.22 bits per heavy atom. The summed E-state index contributed by atoms with van der Waals surface area (Å²) < 4.78 is 14.9. The van der Waals surface area contributed by atoms with Gasteiger partial charge in [0.2, 0.25) is 0 Å². The molecule has 0 unspecified atom stereocenters. The SMILES string of the molecule is CCCC[C@@H](N)CNC(=O)c1nc2cc(-c3ccc(F)cc3)ccc2n1C. The summed E-state index contributed by atoms with van der Waals surface area (Å²) in [5, 5.41) is 2.87. The van der Waals surface area contributed by atoms with Crippen LogP contribution >= 0.6 is 0 Å². The predicted molar refractivity (Wildman–Crippen MR) is 106 cm³/mol. The largest absolute Gasteiger partial charge is 0.348 e. The van der Waals surface area contributed by atoms with Crippen molar-refractivity contribution in [1.82, 2.24) is 14.9 Å². The Kier molecular flexibility index (Phi) is 5.86. The number of imidazole rings is 1. The molecule has 0 radical (unpaired) electrons. The summed E-state index contributed by atoms with van der Waals surface area (Å²) in [6.07, 6.45) is 3.03. The first kappa shape index (κ1) is 19.0. The third-order valence-corrected chi connectivity index (χ3v) is 4.71. The molecule has 0 aliphatic heterocycles. The molecular formula is C21H25FN4O. The van der Waals surface area contributed by atoms with Crippen molar-refractivity contribution in [1.29, 1.82) is 0 Å². The number of aryl methyl sites for hydroxylation is 1. The van der Waals surface area contributed by atoms with Gasteiger partial charge in [0.1, 0.15) is 5.82 Å². The minimum absolute atomic E-state index is 0.0475. The molecule has 0 spiro atoms. The van der Waals surface area contributed by atoms with Crippen LogP contribution in [0, 0.1) is 5.82 Å². The molecule has 3 rings (SSSR count). The van der Waals surface area contributed by atoms with Crippen LogP contribution < -0.4 is 11.1 Å². The van der Waals surface area contributed by atoms with Gasteiger partial charge in [-0.2, -0.15) is 0 Å². The van der Waals surface area contributed by atoms with Crippen LogP contribution in [0.3, 0.4) is 0 Å². The molecule has 3 N–H and O–H groups in total. The van der Waals surface area contributed by atoms with Crippen LogP contribution in [0.5, 0.6) is 0 Å². The molecule has 0 saturated carbocycles. The first-order valence-electron chi connectivity index (χ1n) is 9.25. The number of amides is 1. The van der Waals surface area contributed by atoms with Gasteiger partial charge in [0.15, 0.2) is 5.82 Å². The van der Waals surface area contributed by atoms with E-state index in [4.69, 9.17) is 5.73 Å². The molecule has 6 heteroatoms. The van der Waals surface area contributed by atoms with Crippen molar-refractivity contribution in [3.63, 3.8) is 0 Å². The monoisotopic (exact) mass is 368 g/mol. The number of hydrogen-bond donors (Lipinski definition) is 2. The molecule has 0 bridgehead atoms. The first-order valence-corrected chi connectivity index (χ1v) is 9.25. The van der Waals surface area contributed by atoms with E-state index in [0.717, 1.165) is 41.4 Å². The third kappa shape index (κ3) is 4.34. The summed E-state index contributed by atoms with van der Waals surface area (Å²) in [5.41, 5.74) is 9.43. The topological polar surface area (TPSA) is 72.9 Å². The van der Waals surface area contributed by atoms with E-state index in [-0.39, 0.29) is 17.8 Å². The maximum Gasteiger partial charge on any atom is 0.287 e. The Bertz CT molecular complexity index is 933. The zero-order valence-corrected chi connectivity index (χ0v) is 15.7. The number of benzene rings is 2. The number of carbonyl (C=O) groups is 1. The van der Waals surface area contributed by atoms with E-state index in [1.54, 1.807) is 16.7 Å². The molecule has 1 aromatic heterocycles. The third-order valence-electron chi connectivity index (χ3n) is 4.71. The number of aromatic nitrogens is 2. The predicted octanol–water partition coefficient (Wildman–Crippen LogP) is 3.63. The van der Waals surface area contributed by atoms with Gasteiger partial charge < -0.3 is 15.6 Å². The Morgan fingerprint density at radius 2 is 1.93 bits per heavy atom. The fourth-order valence-corrected chi connectivity index (χ4v) is 3.10.